The highest BCUT2D eigenvalue weighted by Crippen LogP contribution is 2.47. The van der Waals surface area contributed by atoms with Crippen molar-refractivity contribution >= 4 is 17.6 Å². The van der Waals surface area contributed by atoms with Gasteiger partial charge in [0.1, 0.15) is 11.2 Å². The number of carboxylic acid groups (broad SMARTS) is 1. The van der Waals surface area contributed by atoms with Gasteiger partial charge >= 0.3 is 5.97 Å². The molecule has 1 saturated carbocycles. The number of nitrogens with one attached hydrogen (secondary N) is 1. The van der Waals surface area contributed by atoms with Crippen LogP contribution in [0.3, 0.4) is 0 Å². The number of hydrogen-bond donors (Lipinski definition) is 2. The number of hydrogen-bond acceptors (Lipinski definition) is 3. The fourth-order valence-corrected chi connectivity index (χ4v) is 1.96. The van der Waals surface area contributed by atoms with E-state index in [4.69, 9.17) is 9.84 Å². The molecule has 0 atom stereocenters. The number of benzene rings is 1. The van der Waals surface area contributed by atoms with E-state index >= 15 is 0 Å². The fraction of sp³-hybridized carbons (Fsp3) is 0.429. The van der Waals surface area contributed by atoms with Crippen molar-refractivity contribution in [3.8, 4) is 5.75 Å². The topological polar surface area (TPSA) is 75.6 Å². The molecule has 0 aliphatic heterocycles. The Morgan fingerprint density at radius 1 is 1.26 bits per heavy atom. The molecule has 2 N–H and O–H groups in total. The molecule has 1 aromatic rings. The van der Waals surface area contributed by atoms with Crippen LogP contribution in [0.2, 0.25) is 0 Å². The Balaban J connectivity index is 2.27. The standard InChI is InChI=1S/C14H17NO4/c1-8-6-10(11(19-3)7-9(8)2)15-12(16)14(4-5-14)13(17)18/h6-7H,4-5H2,1-3H3,(H,15,16)(H,17,18). The lowest BCUT2D eigenvalue weighted by Gasteiger charge is -2.15. The van der Waals surface area contributed by atoms with Crippen LogP contribution in [-0.4, -0.2) is 24.1 Å². The molecule has 1 aliphatic rings. The molecule has 5 heteroatoms. The van der Waals surface area contributed by atoms with E-state index in [1.54, 1.807) is 6.07 Å². The van der Waals surface area contributed by atoms with E-state index in [0.717, 1.165) is 11.1 Å². The summed E-state index contributed by atoms with van der Waals surface area (Å²) in [5, 5.41) is 11.8. The maximum Gasteiger partial charge on any atom is 0.319 e. The minimum absolute atomic E-state index is 0.390. The molecule has 0 bridgehead atoms. The monoisotopic (exact) mass is 263 g/mol. The largest absolute Gasteiger partial charge is 0.495 e. The van der Waals surface area contributed by atoms with Gasteiger partial charge in [0.25, 0.3) is 0 Å². The van der Waals surface area contributed by atoms with Crippen LogP contribution < -0.4 is 10.1 Å². The zero-order chi connectivity index (χ0) is 14.2. The Hall–Kier alpha value is -2.04. The summed E-state index contributed by atoms with van der Waals surface area (Å²) >= 11 is 0. The molecule has 1 aromatic carbocycles. The van der Waals surface area contributed by atoms with Crippen molar-refractivity contribution in [1.82, 2.24) is 0 Å². The Kier molecular flexibility index (Phi) is 3.22. The molecule has 2 rings (SSSR count). The lowest BCUT2D eigenvalue weighted by atomic mass is 10.1. The third-order valence-corrected chi connectivity index (χ3v) is 3.66. The summed E-state index contributed by atoms with van der Waals surface area (Å²) in [6.07, 6.45) is 0.780. The van der Waals surface area contributed by atoms with E-state index in [1.165, 1.54) is 7.11 Å². The third kappa shape index (κ3) is 2.28. The van der Waals surface area contributed by atoms with Gasteiger partial charge in [0.15, 0.2) is 0 Å². The lowest BCUT2D eigenvalue weighted by molar-refractivity contribution is -0.147. The molecule has 0 heterocycles. The smallest absolute Gasteiger partial charge is 0.319 e. The van der Waals surface area contributed by atoms with Gasteiger partial charge in [0.05, 0.1) is 12.8 Å². The lowest BCUT2D eigenvalue weighted by Crippen LogP contribution is -2.31. The highest BCUT2D eigenvalue weighted by molar-refractivity contribution is 6.11. The van der Waals surface area contributed by atoms with Crippen molar-refractivity contribution in [3.05, 3.63) is 23.3 Å². The van der Waals surface area contributed by atoms with Crippen LogP contribution in [-0.2, 0) is 9.59 Å². The third-order valence-electron chi connectivity index (χ3n) is 3.66. The van der Waals surface area contributed by atoms with E-state index in [9.17, 15) is 9.59 Å². The maximum absolute atomic E-state index is 12.1. The van der Waals surface area contributed by atoms with E-state index in [-0.39, 0.29) is 0 Å². The van der Waals surface area contributed by atoms with Gasteiger partial charge in [-0.05, 0) is 49.9 Å². The Morgan fingerprint density at radius 3 is 2.32 bits per heavy atom. The second-order valence-corrected chi connectivity index (χ2v) is 4.98. The molecular weight excluding hydrogens is 246 g/mol. The molecule has 0 spiro atoms. The molecule has 0 aromatic heterocycles. The number of carbonyl (C=O) groups excluding carboxylic acids is 1. The van der Waals surface area contributed by atoms with Gasteiger partial charge in [-0.25, -0.2) is 0 Å². The summed E-state index contributed by atoms with van der Waals surface area (Å²) in [6, 6.07) is 3.62. The van der Waals surface area contributed by atoms with Crippen molar-refractivity contribution in [2.45, 2.75) is 26.7 Å². The Labute approximate surface area is 111 Å². The number of carboxylic acids is 1. The molecule has 1 amide bonds. The van der Waals surface area contributed by atoms with E-state index in [1.807, 2.05) is 19.9 Å². The summed E-state index contributed by atoms with van der Waals surface area (Å²) in [4.78, 5) is 23.2. The molecule has 5 nitrogen and oxygen atoms in total. The van der Waals surface area contributed by atoms with Crippen LogP contribution >= 0.6 is 0 Å². The molecule has 19 heavy (non-hydrogen) atoms. The molecule has 0 unspecified atom stereocenters. The van der Waals surface area contributed by atoms with Gasteiger partial charge in [0.2, 0.25) is 5.91 Å². The van der Waals surface area contributed by atoms with Gasteiger partial charge in [0, 0.05) is 0 Å². The zero-order valence-electron chi connectivity index (χ0n) is 11.2. The highest BCUT2D eigenvalue weighted by atomic mass is 16.5. The van der Waals surface area contributed by atoms with Crippen molar-refractivity contribution in [2.75, 3.05) is 12.4 Å². The van der Waals surface area contributed by atoms with E-state index in [0.29, 0.717) is 24.3 Å². The second-order valence-electron chi connectivity index (χ2n) is 4.98. The predicted molar refractivity (Wildman–Crippen MR) is 70.4 cm³/mol. The predicted octanol–water partition coefficient (Wildman–Crippen LogP) is 2.12. The van der Waals surface area contributed by atoms with Gasteiger partial charge in [-0.1, -0.05) is 0 Å². The van der Waals surface area contributed by atoms with Crippen LogP contribution in [0.25, 0.3) is 0 Å². The maximum atomic E-state index is 12.1. The van der Waals surface area contributed by atoms with Gasteiger partial charge in [-0.2, -0.15) is 0 Å². The molecule has 1 fully saturated rings. The summed E-state index contributed by atoms with van der Waals surface area (Å²) in [5.41, 5.74) is 1.33. The van der Waals surface area contributed by atoms with Crippen molar-refractivity contribution in [3.63, 3.8) is 0 Å². The molecular formula is C14H17NO4. The number of amides is 1. The highest BCUT2D eigenvalue weighted by Gasteiger charge is 2.57. The first-order valence-electron chi connectivity index (χ1n) is 6.11. The van der Waals surface area contributed by atoms with E-state index in [2.05, 4.69) is 5.32 Å². The van der Waals surface area contributed by atoms with Gasteiger partial charge in [-0.3, -0.25) is 9.59 Å². The van der Waals surface area contributed by atoms with Crippen molar-refractivity contribution < 1.29 is 19.4 Å². The minimum Gasteiger partial charge on any atom is -0.495 e. The van der Waals surface area contributed by atoms with Crippen LogP contribution in [0.5, 0.6) is 5.75 Å². The van der Waals surface area contributed by atoms with E-state index < -0.39 is 17.3 Å². The van der Waals surface area contributed by atoms with Gasteiger partial charge < -0.3 is 15.2 Å². The number of aryl methyl sites for hydroxylation is 2. The number of rotatable bonds is 4. The SMILES string of the molecule is COc1cc(C)c(C)cc1NC(=O)C1(C(=O)O)CC1. The fourth-order valence-electron chi connectivity index (χ4n) is 1.96. The van der Waals surface area contributed by atoms with Crippen LogP contribution in [0, 0.1) is 19.3 Å². The quantitative estimate of drug-likeness (QED) is 0.816. The average Bonchev–Trinajstić information content (AvgIpc) is 3.14. The van der Waals surface area contributed by atoms with Crippen molar-refractivity contribution in [2.24, 2.45) is 5.41 Å². The minimum atomic E-state index is -1.25. The summed E-state index contributed by atoms with van der Waals surface area (Å²) in [7, 11) is 1.52. The summed E-state index contributed by atoms with van der Waals surface area (Å²) < 4.78 is 5.21. The first-order chi connectivity index (χ1) is 8.90. The second kappa shape index (κ2) is 4.57. The first kappa shape index (κ1) is 13.4. The molecule has 0 radical (unpaired) electrons. The Bertz CT molecular complexity index is 547. The number of anilines is 1. The van der Waals surface area contributed by atoms with Crippen molar-refractivity contribution in [1.29, 1.82) is 0 Å². The zero-order valence-corrected chi connectivity index (χ0v) is 11.2. The number of ether oxygens (including phenoxy) is 1. The normalized spacial score (nSPS) is 15.7. The average molecular weight is 263 g/mol. The summed E-state index contributed by atoms with van der Waals surface area (Å²) in [5.74, 6) is -0.994. The van der Waals surface area contributed by atoms with Crippen LogP contribution in [0.1, 0.15) is 24.0 Å². The number of methoxy groups -OCH3 is 1. The Morgan fingerprint density at radius 2 is 1.84 bits per heavy atom. The van der Waals surface area contributed by atoms with Crippen LogP contribution in [0.4, 0.5) is 5.69 Å². The first-order valence-corrected chi connectivity index (χ1v) is 6.11. The molecule has 0 saturated heterocycles. The van der Waals surface area contributed by atoms with Crippen LogP contribution in [0.15, 0.2) is 12.1 Å². The number of carbonyl (C=O) groups is 2. The molecule has 1 aliphatic carbocycles. The van der Waals surface area contributed by atoms with Gasteiger partial charge in [-0.15, -0.1) is 0 Å². The molecule has 102 valence electrons. The number of aliphatic carboxylic acids is 1. The summed E-state index contributed by atoms with van der Waals surface area (Å²) in [6.45, 7) is 3.87.